The van der Waals surface area contributed by atoms with E-state index < -0.39 is 12.1 Å². The Bertz CT molecular complexity index is 876. The van der Waals surface area contributed by atoms with Crippen LogP contribution in [-0.2, 0) is 11.3 Å². The minimum atomic E-state index is -3.36. The highest BCUT2D eigenvalue weighted by atomic mass is 32.1. The summed E-state index contributed by atoms with van der Waals surface area (Å²) in [6.07, 6.45) is -1.90. The van der Waals surface area contributed by atoms with Crippen LogP contribution in [0.1, 0.15) is 25.1 Å². The largest absolute Gasteiger partial charge is 0.473 e. The molecule has 13 heteroatoms. The Labute approximate surface area is 168 Å². The number of carbonyl (C=O) groups excluding carboxylic acids is 1. The minimum absolute atomic E-state index is 0.0863. The third-order valence-electron chi connectivity index (χ3n) is 4.09. The molecule has 2 aromatic rings. The Hall–Kier alpha value is -2.45. The Morgan fingerprint density at radius 3 is 2.83 bits per heavy atom. The van der Waals surface area contributed by atoms with E-state index in [1.165, 1.54) is 13.0 Å². The van der Waals surface area contributed by atoms with Crippen molar-refractivity contribution < 1.29 is 34.0 Å². The van der Waals surface area contributed by atoms with Gasteiger partial charge in [0, 0.05) is 32.5 Å². The summed E-state index contributed by atoms with van der Waals surface area (Å²) in [5, 5.41) is 29.2. The summed E-state index contributed by atoms with van der Waals surface area (Å²) in [7, 11) is 0. The molecule has 29 heavy (non-hydrogen) atoms. The molecule has 1 aliphatic rings. The first kappa shape index (κ1) is 21.3. The monoisotopic (exact) mass is 429 g/mol. The normalized spacial score (nSPS) is 19.9. The van der Waals surface area contributed by atoms with E-state index in [9.17, 15) is 9.18 Å². The van der Waals surface area contributed by atoms with Crippen LogP contribution in [0, 0.1) is 5.95 Å². The first-order valence-electron chi connectivity index (χ1n) is 8.60. The van der Waals surface area contributed by atoms with Crippen LogP contribution in [0.2, 0.25) is 0 Å². The van der Waals surface area contributed by atoms with Crippen molar-refractivity contribution in [2.45, 2.75) is 45.1 Å². The number of likely N-dealkylation sites (tertiary alicyclic amines) is 1. The first-order valence-corrected chi connectivity index (χ1v) is 9.42. The van der Waals surface area contributed by atoms with Gasteiger partial charge in [-0.3, -0.25) is 9.69 Å². The number of anilines is 1. The van der Waals surface area contributed by atoms with Gasteiger partial charge < -0.3 is 30.1 Å². The van der Waals surface area contributed by atoms with E-state index in [1.54, 1.807) is 0 Å². The average molecular weight is 429 g/mol. The number of nitrogens with zero attached hydrogens (tertiary/aromatic N) is 4. The fourth-order valence-corrected chi connectivity index (χ4v) is 3.84. The van der Waals surface area contributed by atoms with Gasteiger partial charge in [0.1, 0.15) is 12.4 Å². The maximum Gasteiger partial charge on any atom is 0.454 e. The van der Waals surface area contributed by atoms with E-state index in [0.717, 1.165) is 17.7 Å². The lowest BCUT2D eigenvalue weighted by atomic mass is 10.2. The molecule has 1 saturated heterocycles. The fourth-order valence-electron chi connectivity index (χ4n) is 2.92. The van der Waals surface area contributed by atoms with Crippen molar-refractivity contribution in [3.05, 3.63) is 23.2 Å². The number of thiazole rings is 1. The summed E-state index contributed by atoms with van der Waals surface area (Å²) in [6.45, 7) is 4.10. The van der Waals surface area contributed by atoms with Crippen LogP contribution in [-0.4, -0.2) is 65.9 Å². The van der Waals surface area contributed by atoms with Crippen molar-refractivity contribution in [3.63, 3.8) is 0 Å². The SMILES string of the molecule is CC(=O)Nc1nc(F)c(CN2CC(Oc3cc(OC(O)(O)O)ncn3)CC2C)s1. The zero-order valence-electron chi connectivity index (χ0n) is 15.6. The van der Waals surface area contributed by atoms with E-state index in [1.807, 2.05) is 11.8 Å². The van der Waals surface area contributed by atoms with Gasteiger partial charge >= 0.3 is 6.16 Å². The molecule has 0 aliphatic carbocycles. The molecule has 2 unspecified atom stereocenters. The van der Waals surface area contributed by atoms with E-state index in [0.29, 0.717) is 24.4 Å². The van der Waals surface area contributed by atoms with Gasteiger partial charge in [0.2, 0.25) is 23.6 Å². The fraction of sp³-hybridized carbons (Fsp3) is 0.500. The van der Waals surface area contributed by atoms with Crippen molar-refractivity contribution >= 4 is 22.4 Å². The third kappa shape index (κ3) is 6.01. The summed E-state index contributed by atoms with van der Waals surface area (Å²) < 4.78 is 24.3. The highest BCUT2D eigenvalue weighted by molar-refractivity contribution is 7.15. The van der Waals surface area contributed by atoms with Crippen molar-refractivity contribution in [3.8, 4) is 11.8 Å². The van der Waals surface area contributed by atoms with Gasteiger partial charge in [-0.25, -0.2) is 9.97 Å². The Morgan fingerprint density at radius 1 is 1.41 bits per heavy atom. The highest BCUT2D eigenvalue weighted by Crippen LogP contribution is 2.29. The molecule has 1 amide bonds. The number of ether oxygens (including phenoxy) is 2. The second-order valence-electron chi connectivity index (χ2n) is 6.54. The molecule has 0 spiro atoms. The minimum Gasteiger partial charge on any atom is -0.473 e. The van der Waals surface area contributed by atoms with Crippen LogP contribution in [0.3, 0.4) is 0 Å². The number of amides is 1. The number of hydrogen-bond acceptors (Lipinski definition) is 11. The van der Waals surface area contributed by atoms with E-state index >= 15 is 0 Å². The van der Waals surface area contributed by atoms with E-state index in [4.69, 9.17) is 20.1 Å². The van der Waals surface area contributed by atoms with Gasteiger partial charge in [-0.05, 0) is 6.92 Å². The van der Waals surface area contributed by atoms with E-state index in [2.05, 4.69) is 25.0 Å². The lowest BCUT2D eigenvalue weighted by molar-refractivity contribution is -0.420. The summed E-state index contributed by atoms with van der Waals surface area (Å²) in [5.41, 5.74) is 0. The second-order valence-corrected chi connectivity index (χ2v) is 7.62. The second kappa shape index (κ2) is 8.51. The van der Waals surface area contributed by atoms with Crippen LogP contribution in [0.4, 0.5) is 9.52 Å². The molecule has 11 nitrogen and oxygen atoms in total. The molecule has 4 N–H and O–H groups in total. The number of halogens is 1. The maximum atomic E-state index is 14.1. The van der Waals surface area contributed by atoms with Crippen LogP contribution in [0.15, 0.2) is 12.4 Å². The smallest absolute Gasteiger partial charge is 0.454 e. The van der Waals surface area contributed by atoms with Gasteiger partial charge in [0.15, 0.2) is 5.13 Å². The van der Waals surface area contributed by atoms with Crippen LogP contribution >= 0.6 is 11.3 Å². The summed E-state index contributed by atoms with van der Waals surface area (Å²) >= 11 is 1.08. The topological polar surface area (TPSA) is 150 Å². The van der Waals surface area contributed by atoms with Crippen LogP contribution < -0.4 is 14.8 Å². The van der Waals surface area contributed by atoms with Crippen molar-refractivity contribution in [1.82, 2.24) is 19.9 Å². The molecular weight excluding hydrogens is 409 g/mol. The molecule has 158 valence electrons. The van der Waals surface area contributed by atoms with Crippen LogP contribution in [0.25, 0.3) is 0 Å². The number of nitrogens with one attached hydrogen (secondary N) is 1. The average Bonchev–Trinajstić information content (AvgIpc) is 3.08. The molecule has 1 fully saturated rings. The zero-order chi connectivity index (χ0) is 21.2. The van der Waals surface area contributed by atoms with Gasteiger partial charge in [-0.15, -0.1) is 0 Å². The van der Waals surface area contributed by atoms with Crippen molar-refractivity contribution in [1.29, 1.82) is 0 Å². The molecule has 1 aliphatic heterocycles. The highest BCUT2D eigenvalue weighted by Gasteiger charge is 2.32. The number of carbonyl (C=O) groups is 1. The Kier molecular flexibility index (Phi) is 6.24. The lowest BCUT2D eigenvalue weighted by Gasteiger charge is -2.19. The van der Waals surface area contributed by atoms with Gasteiger partial charge in [0.25, 0.3) is 0 Å². The Morgan fingerprint density at radius 2 is 2.14 bits per heavy atom. The van der Waals surface area contributed by atoms with Gasteiger partial charge in [0.05, 0.1) is 10.9 Å². The van der Waals surface area contributed by atoms with Gasteiger partial charge in [-0.2, -0.15) is 9.37 Å². The zero-order valence-corrected chi connectivity index (χ0v) is 16.4. The van der Waals surface area contributed by atoms with Crippen molar-refractivity contribution in [2.75, 3.05) is 11.9 Å². The van der Waals surface area contributed by atoms with Crippen molar-refractivity contribution in [2.24, 2.45) is 0 Å². The summed E-state index contributed by atoms with van der Waals surface area (Å²) in [5.74, 6) is -1.10. The molecular formula is C16H20FN5O6S. The molecule has 0 radical (unpaired) electrons. The molecule has 0 saturated carbocycles. The molecule has 2 aromatic heterocycles. The molecule has 2 atom stereocenters. The number of aliphatic hydroxyl groups is 3. The summed E-state index contributed by atoms with van der Waals surface area (Å²) in [4.78, 5) is 24.8. The predicted molar refractivity (Wildman–Crippen MR) is 97.3 cm³/mol. The lowest BCUT2D eigenvalue weighted by Crippen LogP contribution is -2.35. The molecule has 0 aromatic carbocycles. The number of hydrogen-bond donors (Lipinski definition) is 4. The molecule has 0 bridgehead atoms. The third-order valence-corrected chi connectivity index (χ3v) is 5.02. The Balaban J connectivity index is 1.61. The van der Waals surface area contributed by atoms with Crippen LogP contribution in [0.5, 0.6) is 11.8 Å². The molecule has 3 heterocycles. The van der Waals surface area contributed by atoms with E-state index in [-0.39, 0.29) is 34.9 Å². The predicted octanol–water partition coefficient (Wildman–Crippen LogP) is 0.0394. The number of aromatic nitrogens is 3. The molecule has 3 rings (SSSR count). The quantitative estimate of drug-likeness (QED) is 0.444. The maximum absolute atomic E-state index is 14.1. The van der Waals surface area contributed by atoms with Gasteiger partial charge in [-0.1, -0.05) is 11.3 Å². The summed E-state index contributed by atoms with van der Waals surface area (Å²) in [6, 6.07) is 1.29. The standard InChI is InChI=1S/C16H20FN5O6S/c1-8-3-10(27-12-4-13(19-7-18-12)28-16(24,25)26)5-22(8)6-11-14(17)21-15(29-11)20-9(2)23/h4,7-8,10,24-26H,3,5-6H2,1-2H3,(H,20,21,23). The number of rotatable bonds is 7. The first-order chi connectivity index (χ1) is 13.6.